The summed E-state index contributed by atoms with van der Waals surface area (Å²) in [5.74, 6) is 1.83. The third-order valence-corrected chi connectivity index (χ3v) is 3.02. The smallest absolute Gasteiger partial charge is 0.119 e. The summed E-state index contributed by atoms with van der Waals surface area (Å²) in [6.45, 7) is 9.36. The summed E-state index contributed by atoms with van der Waals surface area (Å²) in [6, 6.07) is 7.91. The zero-order valence-electron chi connectivity index (χ0n) is 13.2. The molecule has 0 amide bonds. The van der Waals surface area contributed by atoms with E-state index in [2.05, 4.69) is 26.1 Å². The molecule has 0 bridgehead atoms. The topological polar surface area (TPSA) is 30.5 Å². The molecule has 1 rings (SSSR count). The van der Waals surface area contributed by atoms with E-state index in [1.54, 1.807) is 0 Å². The van der Waals surface area contributed by atoms with Crippen LogP contribution in [0.1, 0.15) is 46.5 Å². The first-order chi connectivity index (χ1) is 9.76. The van der Waals surface area contributed by atoms with E-state index in [4.69, 9.17) is 9.47 Å². The Balaban J connectivity index is 2.22. The molecule has 0 saturated carbocycles. The SMILES string of the molecule is CCCNCCCC(C)Oc1ccc(OCCC)cc1. The molecular weight excluding hydrogens is 250 g/mol. The number of hydrogen-bond acceptors (Lipinski definition) is 3. The summed E-state index contributed by atoms with van der Waals surface area (Å²) in [4.78, 5) is 0. The highest BCUT2D eigenvalue weighted by Crippen LogP contribution is 2.19. The highest BCUT2D eigenvalue weighted by molar-refractivity contribution is 5.31. The van der Waals surface area contributed by atoms with Crippen molar-refractivity contribution in [2.75, 3.05) is 19.7 Å². The molecule has 0 aliphatic carbocycles. The first kappa shape index (κ1) is 16.8. The van der Waals surface area contributed by atoms with Crippen LogP contribution < -0.4 is 14.8 Å². The molecule has 0 heterocycles. The Morgan fingerprint density at radius 3 is 2.35 bits per heavy atom. The van der Waals surface area contributed by atoms with Gasteiger partial charge in [0, 0.05) is 0 Å². The van der Waals surface area contributed by atoms with Gasteiger partial charge in [0.05, 0.1) is 12.7 Å². The zero-order valence-corrected chi connectivity index (χ0v) is 13.2. The molecular formula is C17H29NO2. The summed E-state index contributed by atoms with van der Waals surface area (Å²) in [7, 11) is 0. The zero-order chi connectivity index (χ0) is 14.6. The normalized spacial score (nSPS) is 12.2. The van der Waals surface area contributed by atoms with Gasteiger partial charge in [-0.15, -0.1) is 0 Å². The van der Waals surface area contributed by atoms with Crippen molar-refractivity contribution in [2.24, 2.45) is 0 Å². The summed E-state index contributed by atoms with van der Waals surface area (Å²) in [6.07, 6.45) is 4.70. The van der Waals surface area contributed by atoms with Crippen LogP contribution in [0.4, 0.5) is 0 Å². The van der Waals surface area contributed by atoms with Crippen LogP contribution in [-0.2, 0) is 0 Å². The minimum absolute atomic E-state index is 0.251. The minimum atomic E-state index is 0.251. The highest BCUT2D eigenvalue weighted by Gasteiger charge is 2.04. The van der Waals surface area contributed by atoms with Gasteiger partial charge in [-0.05, 0) is 70.0 Å². The lowest BCUT2D eigenvalue weighted by Crippen LogP contribution is -2.19. The second-order valence-corrected chi connectivity index (χ2v) is 5.14. The van der Waals surface area contributed by atoms with E-state index in [1.165, 1.54) is 6.42 Å². The van der Waals surface area contributed by atoms with Crippen molar-refractivity contribution in [3.05, 3.63) is 24.3 Å². The van der Waals surface area contributed by atoms with Gasteiger partial charge in [0.25, 0.3) is 0 Å². The molecule has 0 saturated heterocycles. The molecule has 3 heteroatoms. The number of nitrogens with one attached hydrogen (secondary N) is 1. The summed E-state index contributed by atoms with van der Waals surface area (Å²) in [5.41, 5.74) is 0. The Labute approximate surface area is 123 Å². The van der Waals surface area contributed by atoms with Crippen molar-refractivity contribution >= 4 is 0 Å². The third kappa shape index (κ3) is 7.39. The average Bonchev–Trinajstić information content (AvgIpc) is 2.46. The predicted molar refractivity (Wildman–Crippen MR) is 84.7 cm³/mol. The van der Waals surface area contributed by atoms with Crippen molar-refractivity contribution in [1.29, 1.82) is 0 Å². The van der Waals surface area contributed by atoms with Gasteiger partial charge in [-0.3, -0.25) is 0 Å². The molecule has 1 unspecified atom stereocenters. The maximum Gasteiger partial charge on any atom is 0.119 e. The summed E-state index contributed by atoms with van der Waals surface area (Å²) in [5, 5.41) is 3.41. The van der Waals surface area contributed by atoms with Gasteiger partial charge in [0.1, 0.15) is 11.5 Å². The van der Waals surface area contributed by atoms with Gasteiger partial charge < -0.3 is 14.8 Å². The summed E-state index contributed by atoms with van der Waals surface area (Å²) < 4.78 is 11.5. The molecule has 0 radical (unpaired) electrons. The molecule has 114 valence electrons. The lowest BCUT2D eigenvalue weighted by atomic mass is 10.2. The van der Waals surface area contributed by atoms with Gasteiger partial charge >= 0.3 is 0 Å². The van der Waals surface area contributed by atoms with Gasteiger partial charge in [-0.25, -0.2) is 0 Å². The molecule has 1 aromatic rings. The molecule has 3 nitrogen and oxygen atoms in total. The van der Waals surface area contributed by atoms with E-state index in [-0.39, 0.29) is 6.10 Å². The van der Waals surface area contributed by atoms with E-state index >= 15 is 0 Å². The quantitative estimate of drug-likeness (QED) is 0.621. The lowest BCUT2D eigenvalue weighted by Gasteiger charge is -2.15. The largest absolute Gasteiger partial charge is 0.494 e. The van der Waals surface area contributed by atoms with Crippen LogP contribution in [0.3, 0.4) is 0 Å². The molecule has 1 N–H and O–H groups in total. The van der Waals surface area contributed by atoms with Gasteiger partial charge in [-0.2, -0.15) is 0 Å². The Morgan fingerprint density at radius 2 is 1.70 bits per heavy atom. The number of benzene rings is 1. The average molecular weight is 279 g/mol. The second-order valence-electron chi connectivity index (χ2n) is 5.14. The summed E-state index contributed by atoms with van der Waals surface area (Å²) >= 11 is 0. The fraction of sp³-hybridized carbons (Fsp3) is 0.647. The van der Waals surface area contributed by atoms with Crippen molar-refractivity contribution < 1.29 is 9.47 Å². The van der Waals surface area contributed by atoms with Crippen molar-refractivity contribution in [3.8, 4) is 11.5 Å². The van der Waals surface area contributed by atoms with E-state index in [9.17, 15) is 0 Å². The van der Waals surface area contributed by atoms with Crippen LogP contribution in [0.2, 0.25) is 0 Å². The Morgan fingerprint density at radius 1 is 1.00 bits per heavy atom. The van der Waals surface area contributed by atoms with E-state index in [0.717, 1.165) is 50.5 Å². The second kappa shape index (κ2) is 10.6. The Hall–Kier alpha value is -1.22. The van der Waals surface area contributed by atoms with Gasteiger partial charge in [-0.1, -0.05) is 13.8 Å². The fourth-order valence-corrected chi connectivity index (χ4v) is 1.94. The molecule has 0 spiro atoms. The fourth-order valence-electron chi connectivity index (χ4n) is 1.94. The van der Waals surface area contributed by atoms with Crippen LogP contribution >= 0.6 is 0 Å². The third-order valence-electron chi connectivity index (χ3n) is 3.02. The van der Waals surface area contributed by atoms with Crippen molar-refractivity contribution in [3.63, 3.8) is 0 Å². The first-order valence-corrected chi connectivity index (χ1v) is 7.86. The van der Waals surface area contributed by atoms with Crippen LogP contribution in [0.25, 0.3) is 0 Å². The van der Waals surface area contributed by atoms with Crippen LogP contribution in [0.5, 0.6) is 11.5 Å². The number of hydrogen-bond donors (Lipinski definition) is 1. The van der Waals surface area contributed by atoms with Crippen LogP contribution in [0.15, 0.2) is 24.3 Å². The number of rotatable bonds is 11. The maximum absolute atomic E-state index is 5.90. The monoisotopic (exact) mass is 279 g/mol. The van der Waals surface area contributed by atoms with Crippen molar-refractivity contribution in [2.45, 2.75) is 52.6 Å². The standard InChI is InChI=1S/C17H29NO2/c1-4-12-18-13-6-7-15(3)20-17-10-8-16(9-11-17)19-14-5-2/h8-11,15,18H,4-7,12-14H2,1-3H3. The van der Waals surface area contributed by atoms with Gasteiger partial charge in [0.2, 0.25) is 0 Å². The molecule has 0 aromatic heterocycles. The van der Waals surface area contributed by atoms with Gasteiger partial charge in [0.15, 0.2) is 0 Å². The number of ether oxygens (including phenoxy) is 2. The minimum Gasteiger partial charge on any atom is -0.494 e. The molecule has 1 atom stereocenters. The lowest BCUT2D eigenvalue weighted by molar-refractivity contribution is 0.207. The predicted octanol–water partition coefficient (Wildman–Crippen LogP) is 4.02. The highest BCUT2D eigenvalue weighted by atomic mass is 16.5. The molecule has 1 aromatic carbocycles. The molecule has 0 aliphatic rings. The first-order valence-electron chi connectivity index (χ1n) is 7.86. The van der Waals surface area contributed by atoms with Crippen LogP contribution in [-0.4, -0.2) is 25.8 Å². The maximum atomic E-state index is 5.90. The van der Waals surface area contributed by atoms with E-state index in [1.807, 2.05) is 24.3 Å². The Kier molecular flexibility index (Phi) is 8.88. The molecule has 20 heavy (non-hydrogen) atoms. The van der Waals surface area contributed by atoms with E-state index < -0.39 is 0 Å². The van der Waals surface area contributed by atoms with Crippen molar-refractivity contribution in [1.82, 2.24) is 5.32 Å². The Bertz CT molecular complexity index is 337. The molecule has 0 fully saturated rings. The van der Waals surface area contributed by atoms with E-state index in [0.29, 0.717) is 0 Å². The van der Waals surface area contributed by atoms with Crippen LogP contribution in [0, 0.1) is 0 Å². The molecule has 0 aliphatic heterocycles.